The summed E-state index contributed by atoms with van der Waals surface area (Å²) in [6.45, 7) is 4.31. The van der Waals surface area contributed by atoms with Gasteiger partial charge in [0.25, 0.3) is 5.91 Å². The summed E-state index contributed by atoms with van der Waals surface area (Å²) in [6, 6.07) is 2.11. The second-order valence-corrected chi connectivity index (χ2v) is 10.8. The van der Waals surface area contributed by atoms with Crippen LogP contribution in [0, 0.1) is 5.92 Å². The van der Waals surface area contributed by atoms with Crippen LogP contribution in [0.2, 0.25) is 0 Å². The second kappa shape index (κ2) is 8.48. The van der Waals surface area contributed by atoms with Crippen LogP contribution in [0.5, 0.6) is 0 Å². The van der Waals surface area contributed by atoms with Gasteiger partial charge in [-0.2, -0.15) is 0 Å². The summed E-state index contributed by atoms with van der Waals surface area (Å²) in [5.74, 6) is -0.0933. The molecule has 3 N–H and O–H groups in total. The van der Waals surface area contributed by atoms with E-state index in [1.807, 2.05) is 0 Å². The van der Waals surface area contributed by atoms with Gasteiger partial charge < -0.3 is 15.8 Å². The number of nitrogens with one attached hydrogen (secondary N) is 1. The van der Waals surface area contributed by atoms with Gasteiger partial charge in [-0.15, -0.1) is 22.7 Å². The Kier molecular flexibility index (Phi) is 5.67. The van der Waals surface area contributed by atoms with E-state index in [4.69, 9.17) is 15.5 Å². The molecule has 0 spiro atoms. The van der Waals surface area contributed by atoms with Crippen molar-refractivity contribution in [2.75, 3.05) is 17.7 Å². The van der Waals surface area contributed by atoms with E-state index >= 15 is 0 Å². The lowest BCUT2D eigenvalue weighted by atomic mass is 9.88. The summed E-state index contributed by atoms with van der Waals surface area (Å²) >= 11 is 2.82. The van der Waals surface area contributed by atoms with Crippen LogP contribution in [0.4, 0.5) is 10.7 Å². The molecule has 0 radical (unpaired) electrons. The van der Waals surface area contributed by atoms with E-state index in [1.165, 1.54) is 33.1 Å². The van der Waals surface area contributed by atoms with E-state index in [2.05, 4.69) is 18.3 Å². The molecule has 5 rings (SSSR count). The zero-order chi connectivity index (χ0) is 22.4. The highest BCUT2D eigenvalue weighted by atomic mass is 32.1. The minimum absolute atomic E-state index is 0.291. The number of nitrogens with zero attached hydrogens (tertiary/aromatic N) is 1. The SMILES string of the molecule is CCOC(=O)c1c(NC(=O)c2sc3nc4c(cc3c2N)CCCC4)sc2c1CCC(C)C2. The van der Waals surface area contributed by atoms with Crippen LogP contribution in [-0.2, 0) is 30.4 Å². The molecule has 8 heteroatoms. The molecular weight excluding hydrogens is 442 g/mol. The Balaban J connectivity index is 1.50. The van der Waals surface area contributed by atoms with Crippen molar-refractivity contribution in [1.29, 1.82) is 0 Å². The van der Waals surface area contributed by atoms with Crippen LogP contribution >= 0.6 is 22.7 Å². The van der Waals surface area contributed by atoms with Crippen LogP contribution in [0.25, 0.3) is 10.2 Å². The Hall–Kier alpha value is -2.45. The Morgan fingerprint density at radius 2 is 2.06 bits per heavy atom. The Morgan fingerprint density at radius 3 is 2.88 bits per heavy atom. The minimum Gasteiger partial charge on any atom is -0.462 e. The number of pyridine rings is 1. The molecule has 168 valence electrons. The first-order valence-corrected chi connectivity index (χ1v) is 12.9. The molecule has 3 aromatic rings. The van der Waals surface area contributed by atoms with Gasteiger partial charge in [-0.25, -0.2) is 9.78 Å². The van der Waals surface area contributed by atoms with Crippen LogP contribution in [-0.4, -0.2) is 23.5 Å². The van der Waals surface area contributed by atoms with Crippen LogP contribution in [0.1, 0.15) is 74.8 Å². The van der Waals surface area contributed by atoms with Crippen molar-refractivity contribution in [2.45, 2.75) is 58.8 Å². The first kappa shape index (κ1) is 21.4. The largest absolute Gasteiger partial charge is 0.462 e. The van der Waals surface area contributed by atoms with Crippen molar-refractivity contribution < 1.29 is 14.3 Å². The maximum atomic E-state index is 13.3. The molecule has 0 saturated heterocycles. The van der Waals surface area contributed by atoms with E-state index in [-0.39, 0.29) is 11.9 Å². The van der Waals surface area contributed by atoms with E-state index in [0.717, 1.165) is 66.4 Å². The van der Waals surface area contributed by atoms with Gasteiger partial charge in [0, 0.05) is 16.0 Å². The number of amides is 1. The predicted molar refractivity (Wildman–Crippen MR) is 130 cm³/mol. The predicted octanol–water partition coefficient (Wildman–Crippen LogP) is 5.37. The van der Waals surface area contributed by atoms with Crippen molar-refractivity contribution in [3.63, 3.8) is 0 Å². The number of anilines is 2. The number of carbonyl (C=O) groups excluding carboxylic acids is 2. The smallest absolute Gasteiger partial charge is 0.341 e. The summed E-state index contributed by atoms with van der Waals surface area (Å²) in [5.41, 5.74) is 10.8. The number of hydrogen-bond acceptors (Lipinski definition) is 7. The number of nitrogen functional groups attached to an aromatic ring is 1. The molecule has 0 fully saturated rings. The van der Waals surface area contributed by atoms with Gasteiger partial charge >= 0.3 is 5.97 Å². The quantitative estimate of drug-likeness (QED) is 0.501. The Morgan fingerprint density at radius 1 is 1.25 bits per heavy atom. The number of aryl methyl sites for hydroxylation is 2. The van der Waals surface area contributed by atoms with Gasteiger partial charge in [0.05, 0.1) is 17.9 Å². The third kappa shape index (κ3) is 3.69. The van der Waals surface area contributed by atoms with Gasteiger partial charge in [0.1, 0.15) is 14.7 Å². The molecule has 32 heavy (non-hydrogen) atoms. The average Bonchev–Trinajstić information content (AvgIpc) is 3.29. The minimum atomic E-state index is -0.367. The number of fused-ring (bicyclic) bond motifs is 3. The fourth-order valence-electron chi connectivity index (χ4n) is 4.75. The summed E-state index contributed by atoms with van der Waals surface area (Å²) in [5, 5.41) is 4.41. The maximum absolute atomic E-state index is 13.3. The number of carbonyl (C=O) groups is 2. The number of hydrogen-bond donors (Lipinski definition) is 2. The molecule has 3 aromatic heterocycles. The fourth-order valence-corrected chi connectivity index (χ4v) is 7.13. The number of esters is 1. The molecule has 0 saturated carbocycles. The molecule has 0 aromatic carbocycles. The van der Waals surface area contributed by atoms with E-state index < -0.39 is 0 Å². The molecule has 0 aliphatic heterocycles. The molecule has 6 nitrogen and oxygen atoms in total. The lowest BCUT2D eigenvalue weighted by molar-refractivity contribution is 0.0526. The average molecular weight is 470 g/mol. The first-order valence-electron chi connectivity index (χ1n) is 11.3. The first-order chi connectivity index (χ1) is 15.5. The standard InChI is InChI=1S/C24H27N3O3S2/c1-3-30-24(29)18-14-9-8-12(2)10-17(14)31-23(18)27-21(28)20-19(25)15-11-13-6-4-5-7-16(13)26-22(15)32-20/h11-12H,3-10,25H2,1-2H3,(H,27,28). The lowest BCUT2D eigenvalue weighted by Crippen LogP contribution is -2.16. The van der Waals surface area contributed by atoms with Crippen LogP contribution in [0.3, 0.4) is 0 Å². The molecule has 3 heterocycles. The highest BCUT2D eigenvalue weighted by Crippen LogP contribution is 2.41. The Labute approximate surface area is 195 Å². The van der Waals surface area contributed by atoms with E-state index in [0.29, 0.717) is 33.7 Å². The number of rotatable bonds is 4. The fraction of sp³-hybridized carbons (Fsp3) is 0.458. The molecule has 2 aliphatic rings. The van der Waals surface area contributed by atoms with Gasteiger partial charge in [0.15, 0.2) is 0 Å². The highest BCUT2D eigenvalue weighted by Gasteiger charge is 2.30. The zero-order valence-corrected chi connectivity index (χ0v) is 20.0. The second-order valence-electron chi connectivity index (χ2n) is 8.73. The van der Waals surface area contributed by atoms with Gasteiger partial charge in [0.2, 0.25) is 0 Å². The number of aromatic nitrogens is 1. The molecule has 0 bridgehead atoms. The van der Waals surface area contributed by atoms with Crippen LogP contribution < -0.4 is 11.1 Å². The third-order valence-electron chi connectivity index (χ3n) is 6.42. The summed E-state index contributed by atoms with van der Waals surface area (Å²) in [6.07, 6.45) is 7.08. The molecule has 2 aliphatic carbocycles. The monoisotopic (exact) mass is 469 g/mol. The maximum Gasteiger partial charge on any atom is 0.341 e. The number of ether oxygens (including phenoxy) is 1. The van der Waals surface area contributed by atoms with Gasteiger partial charge in [-0.05, 0) is 75.0 Å². The van der Waals surface area contributed by atoms with Crippen molar-refractivity contribution >= 4 is 55.5 Å². The molecule has 1 atom stereocenters. The Bertz CT molecular complexity index is 1230. The van der Waals surface area contributed by atoms with Crippen molar-refractivity contribution in [2.24, 2.45) is 5.92 Å². The normalized spacial score (nSPS) is 17.6. The van der Waals surface area contributed by atoms with E-state index in [9.17, 15) is 9.59 Å². The van der Waals surface area contributed by atoms with Crippen molar-refractivity contribution in [3.8, 4) is 0 Å². The summed E-state index contributed by atoms with van der Waals surface area (Å²) in [4.78, 5) is 33.3. The van der Waals surface area contributed by atoms with Crippen molar-refractivity contribution in [3.05, 3.63) is 38.2 Å². The molecule has 1 amide bonds. The van der Waals surface area contributed by atoms with Crippen molar-refractivity contribution in [1.82, 2.24) is 4.98 Å². The lowest BCUT2D eigenvalue weighted by Gasteiger charge is -2.18. The number of thiophene rings is 2. The zero-order valence-electron chi connectivity index (χ0n) is 18.4. The van der Waals surface area contributed by atoms with E-state index in [1.54, 1.807) is 6.92 Å². The van der Waals surface area contributed by atoms with Gasteiger partial charge in [-0.1, -0.05) is 6.92 Å². The molecular formula is C24H27N3O3S2. The third-order valence-corrected chi connectivity index (χ3v) is 8.71. The topological polar surface area (TPSA) is 94.3 Å². The summed E-state index contributed by atoms with van der Waals surface area (Å²) in [7, 11) is 0. The number of nitrogens with two attached hydrogens (primary N) is 1. The highest BCUT2D eigenvalue weighted by molar-refractivity contribution is 7.21. The van der Waals surface area contributed by atoms with Gasteiger partial charge in [-0.3, -0.25) is 4.79 Å². The molecule has 1 unspecified atom stereocenters. The summed E-state index contributed by atoms with van der Waals surface area (Å²) < 4.78 is 5.32. The van der Waals surface area contributed by atoms with Crippen LogP contribution in [0.15, 0.2) is 6.07 Å².